The van der Waals surface area contributed by atoms with Gasteiger partial charge in [0.1, 0.15) is 0 Å². The molecule has 0 fully saturated rings. The van der Waals surface area contributed by atoms with E-state index in [1.807, 2.05) is 0 Å². The van der Waals surface area contributed by atoms with Gasteiger partial charge in [0, 0.05) is 19.8 Å². The normalized spacial score (nSPS) is 14.4. The Kier molecular flexibility index (Phi) is 7.15. The zero-order chi connectivity index (χ0) is 11.0. The second kappa shape index (κ2) is 7.21. The number of nitrogens with one attached hydrogen (secondary N) is 1. The van der Waals surface area contributed by atoms with E-state index in [0.29, 0.717) is 6.04 Å². The van der Waals surface area contributed by atoms with Crippen LogP contribution < -0.4 is 5.32 Å². The summed E-state index contributed by atoms with van der Waals surface area (Å²) in [6.07, 6.45) is 2.92. The van der Waals surface area contributed by atoms with Crippen LogP contribution in [-0.2, 0) is 4.74 Å². The maximum absolute atomic E-state index is 8.66. The van der Waals surface area contributed by atoms with Gasteiger partial charge in [-0.1, -0.05) is 0 Å². The highest BCUT2D eigenvalue weighted by Gasteiger charge is 2.15. The highest BCUT2D eigenvalue weighted by Crippen LogP contribution is 2.11. The van der Waals surface area contributed by atoms with Crippen LogP contribution in [0.25, 0.3) is 0 Å². The quantitative estimate of drug-likeness (QED) is 0.629. The molecule has 1 atom stereocenters. The molecule has 0 rings (SSSR count). The van der Waals surface area contributed by atoms with E-state index < -0.39 is 0 Å². The minimum atomic E-state index is -0.0380. The molecule has 0 aromatic carbocycles. The van der Waals surface area contributed by atoms with E-state index in [0.717, 1.165) is 25.8 Å². The Morgan fingerprint density at radius 1 is 1.43 bits per heavy atom. The van der Waals surface area contributed by atoms with Crippen molar-refractivity contribution in [2.24, 2.45) is 0 Å². The van der Waals surface area contributed by atoms with Gasteiger partial charge in [0.05, 0.1) is 5.60 Å². The van der Waals surface area contributed by atoms with Crippen LogP contribution >= 0.6 is 0 Å². The third-order valence-corrected chi connectivity index (χ3v) is 2.57. The van der Waals surface area contributed by atoms with Crippen molar-refractivity contribution in [2.45, 2.75) is 51.7 Å². The number of rotatable bonds is 8. The van der Waals surface area contributed by atoms with Gasteiger partial charge in [-0.3, -0.25) is 0 Å². The first kappa shape index (κ1) is 13.9. The van der Waals surface area contributed by atoms with Crippen LogP contribution in [0.1, 0.15) is 40.0 Å². The first-order valence-electron chi connectivity index (χ1n) is 5.41. The minimum absolute atomic E-state index is 0.0380. The number of aliphatic hydroxyl groups is 1. The van der Waals surface area contributed by atoms with Crippen LogP contribution in [-0.4, -0.2) is 37.0 Å². The Bertz CT molecular complexity index is 137. The summed E-state index contributed by atoms with van der Waals surface area (Å²) in [5.41, 5.74) is -0.0380. The fourth-order valence-electron chi connectivity index (χ4n) is 1.22. The molecule has 0 saturated heterocycles. The molecule has 0 bridgehead atoms. The molecule has 3 nitrogen and oxygen atoms in total. The van der Waals surface area contributed by atoms with Crippen molar-refractivity contribution in [3.05, 3.63) is 0 Å². The second-order valence-corrected chi connectivity index (χ2v) is 4.43. The molecule has 0 aromatic rings. The van der Waals surface area contributed by atoms with Crippen molar-refractivity contribution in [3.8, 4) is 0 Å². The molecular weight excluding hydrogens is 178 g/mol. The molecule has 0 amide bonds. The molecule has 0 spiro atoms. The average molecular weight is 203 g/mol. The Morgan fingerprint density at radius 3 is 2.57 bits per heavy atom. The van der Waals surface area contributed by atoms with Gasteiger partial charge >= 0.3 is 0 Å². The third-order valence-electron chi connectivity index (χ3n) is 2.57. The Labute approximate surface area is 87.8 Å². The number of hydrogen-bond donors (Lipinski definition) is 2. The molecule has 14 heavy (non-hydrogen) atoms. The molecule has 0 saturated carbocycles. The van der Waals surface area contributed by atoms with Gasteiger partial charge in [-0.2, -0.15) is 0 Å². The summed E-state index contributed by atoms with van der Waals surface area (Å²) in [5, 5.41) is 12.1. The second-order valence-electron chi connectivity index (χ2n) is 4.43. The molecule has 0 heterocycles. The summed E-state index contributed by atoms with van der Waals surface area (Å²) in [6.45, 7) is 7.58. The van der Waals surface area contributed by atoms with E-state index >= 15 is 0 Å². The van der Waals surface area contributed by atoms with Gasteiger partial charge in [0.2, 0.25) is 0 Å². The Morgan fingerprint density at radius 2 is 2.07 bits per heavy atom. The molecule has 86 valence electrons. The zero-order valence-corrected chi connectivity index (χ0v) is 9.97. The lowest BCUT2D eigenvalue weighted by atomic mass is 10.0. The SMILES string of the molecule is COC(C)(C)CCNC(C)CCCO. The van der Waals surface area contributed by atoms with E-state index in [1.54, 1.807) is 7.11 Å². The first-order chi connectivity index (χ1) is 6.52. The van der Waals surface area contributed by atoms with E-state index in [-0.39, 0.29) is 12.2 Å². The molecule has 0 aromatic heterocycles. The van der Waals surface area contributed by atoms with Gasteiger partial charge < -0.3 is 15.2 Å². The molecular formula is C11H25NO2. The highest BCUT2D eigenvalue weighted by atomic mass is 16.5. The first-order valence-corrected chi connectivity index (χ1v) is 5.41. The van der Waals surface area contributed by atoms with Crippen LogP contribution in [0.15, 0.2) is 0 Å². The lowest BCUT2D eigenvalue weighted by Crippen LogP contribution is -2.33. The predicted octanol–water partition coefficient (Wildman–Crippen LogP) is 1.55. The van der Waals surface area contributed by atoms with E-state index in [1.165, 1.54) is 0 Å². The van der Waals surface area contributed by atoms with E-state index in [2.05, 4.69) is 26.1 Å². The summed E-state index contributed by atoms with van der Waals surface area (Å²) >= 11 is 0. The van der Waals surface area contributed by atoms with Crippen molar-refractivity contribution in [1.82, 2.24) is 5.32 Å². The van der Waals surface area contributed by atoms with Crippen molar-refractivity contribution < 1.29 is 9.84 Å². The molecule has 0 aliphatic carbocycles. The molecule has 1 unspecified atom stereocenters. The van der Waals surface area contributed by atoms with Crippen molar-refractivity contribution in [2.75, 3.05) is 20.3 Å². The number of ether oxygens (including phenoxy) is 1. The van der Waals surface area contributed by atoms with E-state index in [9.17, 15) is 0 Å². The van der Waals surface area contributed by atoms with Crippen LogP contribution in [0.3, 0.4) is 0 Å². The van der Waals surface area contributed by atoms with Gasteiger partial charge in [-0.25, -0.2) is 0 Å². The van der Waals surface area contributed by atoms with Crippen LogP contribution in [0, 0.1) is 0 Å². The predicted molar refractivity (Wildman–Crippen MR) is 59.5 cm³/mol. The maximum Gasteiger partial charge on any atom is 0.0634 e. The molecule has 0 radical (unpaired) electrons. The standard InChI is InChI=1S/C11H25NO2/c1-10(6-5-9-13)12-8-7-11(2,3)14-4/h10,12-13H,5-9H2,1-4H3. The Balaban J connectivity index is 3.43. The molecule has 2 N–H and O–H groups in total. The lowest BCUT2D eigenvalue weighted by molar-refractivity contribution is 0.0154. The molecule has 0 aliphatic heterocycles. The lowest BCUT2D eigenvalue weighted by Gasteiger charge is -2.24. The topological polar surface area (TPSA) is 41.5 Å². The van der Waals surface area contributed by atoms with Crippen molar-refractivity contribution in [3.63, 3.8) is 0 Å². The van der Waals surface area contributed by atoms with Crippen molar-refractivity contribution in [1.29, 1.82) is 0 Å². The summed E-state index contributed by atoms with van der Waals surface area (Å²) in [6, 6.07) is 0.481. The summed E-state index contributed by atoms with van der Waals surface area (Å²) in [4.78, 5) is 0. The smallest absolute Gasteiger partial charge is 0.0634 e. The summed E-state index contributed by atoms with van der Waals surface area (Å²) in [7, 11) is 1.75. The fourth-order valence-corrected chi connectivity index (χ4v) is 1.22. The summed E-state index contributed by atoms with van der Waals surface area (Å²) in [5.74, 6) is 0. The minimum Gasteiger partial charge on any atom is -0.396 e. The van der Waals surface area contributed by atoms with Gasteiger partial charge in [-0.15, -0.1) is 0 Å². The number of aliphatic hydroxyl groups excluding tert-OH is 1. The highest BCUT2D eigenvalue weighted by molar-refractivity contribution is 4.70. The average Bonchev–Trinajstić information content (AvgIpc) is 2.14. The number of methoxy groups -OCH3 is 1. The largest absolute Gasteiger partial charge is 0.396 e. The summed E-state index contributed by atoms with van der Waals surface area (Å²) < 4.78 is 5.32. The molecule has 0 aliphatic rings. The number of hydrogen-bond acceptors (Lipinski definition) is 3. The maximum atomic E-state index is 8.66. The zero-order valence-electron chi connectivity index (χ0n) is 9.97. The van der Waals surface area contributed by atoms with Crippen LogP contribution in [0.2, 0.25) is 0 Å². The van der Waals surface area contributed by atoms with Gasteiger partial charge in [0.25, 0.3) is 0 Å². The molecule has 3 heteroatoms. The van der Waals surface area contributed by atoms with Crippen LogP contribution in [0.5, 0.6) is 0 Å². The van der Waals surface area contributed by atoms with Gasteiger partial charge in [0.15, 0.2) is 0 Å². The van der Waals surface area contributed by atoms with E-state index in [4.69, 9.17) is 9.84 Å². The fraction of sp³-hybridized carbons (Fsp3) is 1.00. The third kappa shape index (κ3) is 7.30. The van der Waals surface area contributed by atoms with Crippen LogP contribution in [0.4, 0.5) is 0 Å². The Hall–Kier alpha value is -0.120. The van der Waals surface area contributed by atoms with Crippen molar-refractivity contribution >= 4 is 0 Å². The monoisotopic (exact) mass is 203 g/mol. The van der Waals surface area contributed by atoms with Gasteiger partial charge in [-0.05, 0) is 46.6 Å².